The van der Waals surface area contributed by atoms with Gasteiger partial charge in [-0.1, -0.05) is 36.5 Å². The number of fused-ring (bicyclic) bond motifs is 2. The highest BCUT2D eigenvalue weighted by molar-refractivity contribution is 7.71. The van der Waals surface area contributed by atoms with Gasteiger partial charge in [0, 0.05) is 36.7 Å². The van der Waals surface area contributed by atoms with Crippen molar-refractivity contribution >= 4 is 12.2 Å². The molecule has 0 saturated heterocycles. The molecule has 2 aromatic rings. The maximum atomic E-state index is 5.52. The lowest BCUT2D eigenvalue weighted by Gasteiger charge is -2.26. The fourth-order valence-corrected chi connectivity index (χ4v) is 3.88. The number of rotatable bonds is 1. The van der Waals surface area contributed by atoms with Gasteiger partial charge >= 0.3 is 0 Å². The van der Waals surface area contributed by atoms with Crippen LogP contribution in [0.2, 0.25) is 0 Å². The fourth-order valence-electron chi connectivity index (χ4n) is 3.59. The molecule has 1 aliphatic heterocycles. The zero-order valence-electron chi connectivity index (χ0n) is 12.0. The maximum Gasteiger partial charge on any atom is 0.134 e. The van der Waals surface area contributed by atoms with Crippen LogP contribution in [-0.4, -0.2) is 16.5 Å². The van der Waals surface area contributed by atoms with E-state index in [0.29, 0.717) is 5.92 Å². The van der Waals surface area contributed by atoms with Crippen LogP contribution in [-0.2, 0) is 19.4 Å². The van der Waals surface area contributed by atoms with E-state index in [-0.39, 0.29) is 0 Å². The number of nitrogens with zero attached hydrogens (tertiary/aromatic N) is 1. The van der Waals surface area contributed by atoms with Gasteiger partial charge in [-0.3, -0.25) is 0 Å². The Morgan fingerprint density at radius 3 is 3.05 bits per heavy atom. The van der Waals surface area contributed by atoms with Crippen molar-refractivity contribution in [1.29, 1.82) is 0 Å². The van der Waals surface area contributed by atoms with Crippen molar-refractivity contribution in [2.75, 3.05) is 6.54 Å². The van der Waals surface area contributed by atoms with Crippen LogP contribution in [0.5, 0.6) is 0 Å². The smallest absolute Gasteiger partial charge is 0.134 e. The van der Waals surface area contributed by atoms with Crippen molar-refractivity contribution in [1.82, 2.24) is 15.3 Å². The predicted octanol–water partition coefficient (Wildman–Crippen LogP) is 3.25. The molecule has 0 saturated carbocycles. The maximum absolute atomic E-state index is 5.52. The average Bonchev–Trinajstić information content (AvgIpc) is 2.54. The molecule has 0 bridgehead atoms. The molecule has 108 valence electrons. The summed E-state index contributed by atoms with van der Waals surface area (Å²) in [6.07, 6.45) is 4.58. The van der Waals surface area contributed by atoms with Gasteiger partial charge < -0.3 is 10.3 Å². The van der Waals surface area contributed by atoms with E-state index in [0.717, 1.165) is 36.4 Å². The number of nitrogens with one attached hydrogen (secondary N) is 2. The molecule has 0 fully saturated rings. The van der Waals surface area contributed by atoms with Crippen LogP contribution in [0, 0.1) is 4.64 Å². The van der Waals surface area contributed by atoms with Crippen molar-refractivity contribution in [3.8, 4) is 0 Å². The van der Waals surface area contributed by atoms with Crippen molar-refractivity contribution in [2.45, 2.75) is 38.1 Å². The number of hydrogen-bond acceptors (Lipinski definition) is 3. The van der Waals surface area contributed by atoms with Gasteiger partial charge in [0.05, 0.1) is 0 Å². The molecule has 3 nitrogen and oxygen atoms in total. The molecule has 0 spiro atoms. The van der Waals surface area contributed by atoms with E-state index in [4.69, 9.17) is 17.2 Å². The normalized spacial score (nSPS) is 20.7. The summed E-state index contributed by atoms with van der Waals surface area (Å²) in [5, 5.41) is 3.37. The summed E-state index contributed by atoms with van der Waals surface area (Å²) in [5.41, 5.74) is 5.36. The van der Waals surface area contributed by atoms with E-state index in [2.05, 4.69) is 34.6 Å². The van der Waals surface area contributed by atoms with Gasteiger partial charge in [-0.15, -0.1) is 0 Å². The molecule has 21 heavy (non-hydrogen) atoms. The Morgan fingerprint density at radius 2 is 2.10 bits per heavy atom. The summed E-state index contributed by atoms with van der Waals surface area (Å²) >= 11 is 5.52. The van der Waals surface area contributed by atoms with Crippen LogP contribution in [0.3, 0.4) is 0 Å². The Hall–Kier alpha value is -1.52. The second-order valence-electron chi connectivity index (χ2n) is 5.95. The highest BCUT2D eigenvalue weighted by Gasteiger charge is 2.24. The quantitative estimate of drug-likeness (QED) is 0.794. The molecule has 1 unspecified atom stereocenters. The molecular weight excluding hydrogens is 278 g/mol. The number of aromatic nitrogens is 2. The van der Waals surface area contributed by atoms with Gasteiger partial charge in [-0.2, -0.15) is 0 Å². The van der Waals surface area contributed by atoms with Gasteiger partial charge in [0.15, 0.2) is 0 Å². The summed E-state index contributed by atoms with van der Waals surface area (Å²) in [6, 6.07) is 8.76. The number of benzene rings is 1. The molecule has 2 N–H and O–H groups in total. The van der Waals surface area contributed by atoms with Crippen LogP contribution < -0.4 is 5.32 Å². The zero-order valence-corrected chi connectivity index (χ0v) is 12.8. The standard InChI is InChI=1S/C17H19N3S/c21-17-14-10-18-9-8-15(14)19-16(20-17)13-7-3-5-11-4-1-2-6-12(11)13/h1-2,4,6,13,18H,3,5,7-10H2,(H,19,20,21). The summed E-state index contributed by atoms with van der Waals surface area (Å²) < 4.78 is 0.772. The lowest BCUT2D eigenvalue weighted by molar-refractivity contribution is 0.570. The van der Waals surface area contributed by atoms with E-state index in [9.17, 15) is 0 Å². The Morgan fingerprint density at radius 1 is 1.19 bits per heavy atom. The van der Waals surface area contributed by atoms with Gasteiger partial charge in [0.25, 0.3) is 0 Å². The average molecular weight is 297 g/mol. The first-order valence-electron chi connectivity index (χ1n) is 7.73. The first-order chi connectivity index (χ1) is 10.3. The summed E-state index contributed by atoms with van der Waals surface area (Å²) in [4.78, 5) is 8.33. The zero-order chi connectivity index (χ0) is 14.2. The third kappa shape index (κ3) is 2.32. The van der Waals surface area contributed by atoms with Gasteiger partial charge in [0.2, 0.25) is 0 Å². The van der Waals surface area contributed by atoms with Crippen molar-refractivity contribution in [3.63, 3.8) is 0 Å². The lowest BCUT2D eigenvalue weighted by Crippen LogP contribution is -2.26. The minimum atomic E-state index is 0.372. The molecule has 1 aliphatic carbocycles. The molecule has 1 aromatic carbocycles. The van der Waals surface area contributed by atoms with Crippen LogP contribution >= 0.6 is 12.2 Å². The monoisotopic (exact) mass is 297 g/mol. The van der Waals surface area contributed by atoms with Crippen molar-refractivity contribution in [2.24, 2.45) is 0 Å². The summed E-state index contributed by atoms with van der Waals surface area (Å²) in [5.74, 6) is 1.43. The minimum Gasteiger partial charge on any atom is -0.346 e. The van der Waals surface area contributed by atoms with Crippen molar-refractivity contribution < 1.29 is 0 Å². The number of aryl methyl sites for hydroxylation is 1. The lowest BCUT2D eigenvalue weighted by atomic mass is 9.82. The van der Waals surface area contributed by atoms with E-state index >= 15 is 0 Å². The van der Waals surface area contributed by atoms with Crippen LogP contribution in [0.4, 0.5) is 0 Å². The molecule has 0 amide bonds. The fraction of sp³-hybridized carbons (Fsp3) is 0.412. The third-order valence-electron chi connectivity index (χ3n) is 4.68. The minimum absolute atomic E-state index is 0.372. The molecule has 2 aliphatic rings. The highest BCUT2D eigenvalue weighted by atomic mass is 32.1. The van der Waals surface area contributed by atoms with Crippen LogP contribution in [0.1, 0.15) is 47.0 Å². The Kier molecular flexibility index (Phi) is 3.36. The molecule has 0 radical (unpaired) electrons. The number of aromatic amines is 1. The molecular formula is C17H19N3S. The third-order valence-corrected chi connectivity index (χ3v) is 5.01. The number of hydrogen-bond donors (Lipinski definition) is 2. The highest BCUT2D eigenvalue weighted by Crippen LogP contribution is 2.35. The Bertz CT molecular complexity index is 735. The summed E-state index contributed by atoms with van der Waals surface area (Å²) in [7, 11) is 0. The van der Waals surface area contributed by atoms with Crippen LogP contribution in [0.15, 0.2) is 24.3 Å². The first kappa shape index (κ1) is 13.2. The van der Waals surface area contributed by atoms with Gasteiger partial charge in [-0.05, 0) is 30.4 Å². The SMILES string of the molecule is S=c1nc(C2CCCc3ccccc32)[nH]c2c1CNCC2. The second-order valence-corrected chi connectivity index (χ2v) is 6.34. The predicted molar refractivity (Wildman–Crippen MR) is 86.1 cm³/mol. The molecule has 1 atom stereocenters. The van der Waals surface area contributed by atoms with Gasteiger partial charge in [-0.25, -0.2) is 4.98 Å². The largest absolute Gasteiger partial charge is 0.346 e. The van der Waals surface area contributed by atoms with E-state index in [1.165, 1.54) is 35.2 Å². The van der Waals surface area contributed by atoms with E-state index in [1.807, 2.05) is 0 Å². The summed E-state index contributed by atoms with van der Waals surface area (Å²) in [6.45, 7) is 1.86. The molecule has 4 heteroatoms. The molecule has 2 heterocycles. The topological polar surface area (TPSA) is 40.7 Å². The molecule has 4 rings (SSSR count). The van der Waals surface area contributed by atoms with E-state index in [1.54, 1.807) is 0 Å². The first-order valence-corrected chi connectivity index (χ1v) is 8.14. The van der Waals surface area contributed by atoms with Crippen LogP contribution in [0.25, 0.3) is 0 Å². The molecule has 1 aromatic heterocycles. The second kappa shape index (κ2) is 5.35. The number of H-pyrrole nitrogens is 1. The van der Waals surface area contributed by atoms with Gasteiger partial charge in [0.1, 0.15) is 10.5 Å². The van der Waals surface area contributed by atoms with E-state index < -0.39 is 0 Å². The Labute approximate surface area is 129 Å². The Balaban J connectivity index is 1.81. The van der Waals surface area contributed by atoms with Crippen molar-refractivity contribution in [3.05, 3.63) is 57.1 Å².